The number of carboxylic acid groups (broad SMARTS) is 1. The largest absolute Gasteiger partial charge is 0.488 e. The average molecular weight is 587 g/mol. The van der Waals surface area contributed by atoms with Crippen LogP contribution < -0.4 is 9.64 Å². The molecular formula is C33H38N4O4S. The molecule has 42 heavy (non-hydrogen) atoms. The molecule has 1 aromatic heterocycles. The van der Waals surface area contributed by atoms with Gasteiger partial charge >= 0.3 is 5.97 Å². The summed E-state index contributed by atoms with van der Waals surface area (Å²) in [6.45, 7) is 10.6. The molecule has 2 aromatic carbocycles. The van der Waals surface area contributed by atoms with Gasteiger partial charge in [0.2, 0.25) is 0 Å². The number of anilines is 1. The van der Waals surface area contributed by atoms with Crippen LogP contribution in [0.4, 0.5) is 5.13 Å². The molecule has 9 heteroatoms. The molecule has 1 aliphatic carbocycles. The molecule has 0 amide bonds. The summed E-state index contributed by atoms with van der Waals surface area (Å²) in [4.78, 5) is 21.4. The molecule has 2 aliphatic heterocycles. The maximum Gasteiger partial charge on any atom is 0.307 e. The Labute approximate surface area is 251 Å². The van der Waals surface area contributed by atoms with Crippen LogP contribution in [0, 0.1) is 36.0 Å². The number of hydrogen-bond donors (Lipinski definition) is 1. The van der Waals surface area contributed by atoms with Gasteiger partial charge in [-0.25, -0.2) is 4.98 Å². The quantitative estimate of drug-likeness (QED) is 0.358. The highest BCUT2D eigenvalue weighted by Gasteiger charge is 2.46. The summed E-state index contributed by atoms with van der Waals surface area (Å²) in [7, 11) is 0. The van der Waals surface area contributed by atoms with Gasteiger partial charge in [0.25, 0.3) is 0 Å². The minimum absolute atomic E-state index is 0.188. The number of ether oxygens (including phenoxy) is 2. The van der Waals surface area contributed by atoms with Gasteiger partial charge in [0.15, 0.2) is 5.13 Å². The predicted molar refractivity (Wildman–Crippen MR) is 163 cm³/mol. The van der Waals surface area contributed by atoms with E-state index in [-0.39, 0.29) is 36.6 Å². The molecule has 0 radical (unpaired) electrons. The van der Waals surface area contributed by atoms with Crippen molar-refractivity contribution in [2.24, 2.45) is 17.8 Å². The Morgan fingerprint density at radius 3 is 2.55 bits per heavy atom. The van der Waals surface area contributed by atoms with E-state index in [1.54, 1.807) is 11.3 Å². The maximum absolute atomic E-state index is 11.8. The van der Waals surface area contributed by atoms with Crippen LogP contribution >= 0.6 is 11.3 Å². The smallest absolute Gasteiger partial charge is 0.307 e. The van der Waals surface area contributed by atoms with Crippen molar-refractivity contribution in [1.29, 1.82) is 5.26 Å². The molecule has 1 saturated carbocycles. The zero-order chi connectivity index (χ0) is 29.4. The van der Waals surface area contributed by atoms with Gasteiger partial charge in [0, 0.05) is 49.2 Å². The third-order valence-electron chi connectivity index (χ3n) is 8.87. The Bertz CT molecular complexity index is 1480. The first kappa shape index (κ1) is 28.7. The van der Waals surface area contributed by atoms with Crippen molar-refractivity contribution in [1.82, 2.24) is 9.88 Å². The number of morpholine rings is 1. The Balaban J connectivity index is 1.16. The standard InChI is InChI=1S/C33H38N4O4S/c1-20-4-9-30(40-18-26-6-5-23(11-27(26)12-34)15-36-13-21(2)41-22(3)14-36)28(10-20)29-19-42-33(35-29)37-16-24-7-8-25(17-37)31(24)32(38)39/h4-6,9-11,19,21-22,24-25,31H,7-8,13-18H2,1-3H3,(H,38,39)/t21-,22+,24-,25+,31?. The van der Waals surface area contributed by atoms with E-state index in [2.05, 4.69) is 54.2 Å². The maximum atomic E-state index is 11.8. The van der Waals surface area contributed by atoms with E-state index in [1.807, 2.05) is 24.3 Å². The molecule has 3 aliphatic rings. The van der Waals surface area contributed by atoms with Crippen LogP contribution in [0.1, 0.15) is 48.9 Å². The number of nitriles is 1. The number of hydrogen-bond acceptors (Lipinski definition) is 8. The highest BCUT2D eigenvalue weighted by molar-refractivity contribution is 7.14. The Kier molecular flexibility index (Phi) is 8.22. The van der Waals surface area contributed by atoms with Crippen LogP contribution in [0.3, 0.4) is 0 Å². The number of thiazole rings is 1. The third kappa shape index (κ3) is 6.03. The highest BCUT2D eigenvalue weighted by atomic mass is 32.1. The Morgan fingerprint density at radius 1 is 1.12 bits per heavy atom. The molecule has 8 nitrogen and oxygen atoms in total. The molecule has 220 valence electrons. The van der Waals surface area contributed by atoms with E-state index in [0.29, 0.717) is 5.56 Å². The van der Waals surface area contributed by atoms with Gasteiger partial charge in [-0.05, 0) is 69.2 Å². The van der Waals surface area contributed by atoms with Crippen LogP contribution in [0.5, 0.6) is 5.75 Å². The van der Waals surface area contributed by atoms with Crippen LogP contribution in [0.15, 0.2) is 41.8 Å². The van der Waals surface area contributed by atoms with Crippen LogP contribution in [-0.4, -0.2) is 59.3 Å². The number of fused-ring (bicyclic) bond motifs is 2. The minimum atomic E-state index is -0.654. The van der Waals surface area contributed by atoms with Crippen molar-refractivity contribution >= 4 is 22.4 Å². The predicted octanol–water partition coefficient (Wildman–Crippen LogP) is 5.73. The van der Waals surface area contributed by atoms with E-state index in [0.717, 1.165) is 84.4 Å². The van der Waals surface area contributed by atoms with Crippen LogP contribution in [-0.2, 0) is 22.7 Å². The first-order valence-corrected chi connectivity index (χ1v) is 15.7. The highest BCUT2D eigenvalue weighted by Crippen LogP contribution is 2.44. The zero-order valence-corrected chi connectivity index (χ0v) is 25.3. The molecular weight excluding hydrogens is 548 g/mol. The first-order valence-electron chi connectivity index (χ1n) is 14.8. The van der Waals surface area contributed by atoms with Crippen molar-refractivity contribution in [2.75, 3.05) is 31.1 Å². The van der Waals surface area contributed by atoms with Gasteiger partial charge in [-0.1, -0.05) is 23.8 Å². The average Bonchev–Trinajstić information content (AvgIpc) is 3.55. The molecule has 3 aromatic rings. The van der Waals surface area contributed by atoms with Crippen LogP contribution in [0.2, 0.25) is 0 Å². The molecule has 1 N–H and O–H groups in total. The lowest BCUT2D eigenvalue weighted by Crippen LogP contribution is -2.44. The summed E-state index contributed by atoms with van der Waals surface area (Å²) in [5, 5.41) is 22.6. The van der Waals surface area contributed by atoms with Gasteiger partial charge in [-0.15, -0.1) is 11.3 Å². The Morgan fingerprint density at radius 2 is 1.86 bits per heavy atom. The summed E-state index contributed by atoms with van der Waals surface area (Å²) in [6, 6.07) is 14.5. The molecule has 2 saturated heterocycles. The van der Waals surface area contributed by atoms with E-state index in [9.17, 15) is 15.2 Å². The topological polar surface area (TPSA) is 98.9 Å². The monoisotopic (exact) mass is 586 g/mol. The molecule has 5 atom stereocenters. The van der Waals surface area contributed by atoms with Crippen molar-refractivity contribution in [2.45, 2.75) is 59.0 Å². The van der Waals surface area contributed by atoms with Crippen molar-refractivity contribution < 1.29 is 19.4 Å². The summed E-state index contributed by atoms with van der Waals surface area (Å²) < 4.78 is 12.2. The van der Waals surface area contributed by atoms with Crippen molar-refractivity contribution in [3.63, 3.8) is 0 Å². The van der Waals surface area contributed by atoms with Crippen molar-refractivity contribution in [3.05, 3.63) is 64.0 Å². The lowest BCUT2D eigenvalue weighted by molar-refractivity contribution is -0.144. The first-order chi connectivity index (χ1) is 20.3. The fourth-order valence-electron chi connectivity index (χ4n) is 7.06. The number of carbonyl (C=O) groups is 1. The molecule has 0 spiro atoms. The second kappa shape index (κ2) is 12.0. The Hall–Kier alpha value is -3.45. The van der Waals surface area contributed by atoms with Gasteiger partial charge < -0.3 is 19.5 Å². The van der Waals surface area contributed by atoms with Gasteiger partial charge in [-0.2, -0.15) is 5.26 Å². The number of carboxylic acids is 1. The second-order valence-corrected chi connectivity index (χ2v) is 13.1. The summed E-state index contributed by atoms with van der Waals surface area (Å²) >= 11 is 1.60. The summed E-state index contributed by atoms with van der Waals surface area (Å²) in [6.07, 6.45) is 2.36. The third-order valence-corrected chi connectivity index (χ3v) is 9.77. The number of piperidine rings is 1. The fraction of sp³-hybridized carbons (Fsp3) is 0.485. The number of aromatic nitrogens is 1. The number of aliphatic carboxylic acids is 1. The summed E-state index contributed by atoms with van der Waals surface area (Å²) in [5.74, 6) is 0.225. The molecule has 3 heterocycles. The molecule has 1 unspecified atom stereocenters. The van der Waals surface area contributed by atoms with E-state index in [4.69, 9.17) is 14.5 Å². The lowest BCUT2D eigenvalue weighted by atomic mass is 9.85. The number of nitrogens with zero attached hydrogens (tertiary/aromatic N) is 4. The number of aryl methyl sites for hydroxylation is 1. The SMILES string of the molecule is Cc1ccc(OCc2ccc(CN3C[C@@H](C)O[C@@H](C)C3)cc2C#N)c(-c2csc(N3C[C@H]4CC[C@@H](C3)C4C(=O)O)n2)c1. The zero-order valence-electron chi connectivity index (χ0n) is 24.5. The molecule has 3 fully saturated rings. The number of benzene rings is 2. The van der Waals surface area contributed by atoms with Gasteiger partial charge in [-0.3, -0.25) is 9.69 Å². The molecule has 2 bridgehead atoms. The number of rotatable bonds is 8. The van der Waals surface area contributed by atoms with Gasteiger partial charge in [0.1, 0.15) is 12.4 Å². The van der Waals surface area contributed by atoms with E-state index < -0.39 is 5.97 Å². The van der Waals surface area contributed by atoms with Crippen LogP contribution in [0.25, 0.3) is 11.3 Å². The second-order valence-electron chi connectivity index (χ2n) is 12.2. The van der Waals surface area contributed by atoms with Crippen molar-refractivity contribution in [3.8, 4) is 23.1 Å². The summed E-state index contributed by atoms with van der Waals surface area (Å²) in [5.41, 5.74) is 5.49. The molecule has 6 rings (SSSR count). The van der Waals surface area contributed by atoms with E-state index >= 15 is 0 Å². The minimum Gasteiger partial charge on any atom is -0.488 e. The lowest BCUT2D eigenvalue weighted by Gasteiger charge is -2.35. The van der Waals surface area contributed by atoms with Gasteiger partial charge in [0.05, 0.1) is 35.5 Å². The fourth-order valence-corrected chi connectivity index (χ4v) is 7.91. The normalized spacial score (nSPS) is 25.8. The van der Waals surface area contributed by atoms with E-state index in [1.165, 1.54) is 0 Å².